The number of amides is 1. The number of hydrogen-bond acceptors (Lipinski definition) is 5. The first kappa shape index (κ1) is 14.7. The summed E-state index contributed by atoms with van der Waals surface area (Å²) in [6, 6.07) is 3.57. The van der Waals surface area contributed by atoms with Gasteiger partial charge in [-0.1, -0.05) is 13.8 Å². The van der Waals surface area contributed by atoms with Crippen molar-refractivity contribution in [2.24, 2.45) is 0 Å². The van der Waals surface area contributed by atoms with Crippen LogP contribution in [0.1, 0.15) is 30.8 Å². The van der Waals surface area contributed by atoms with Crippen LogP contribution in [-0.4, -0.2) is 65.2 Å². The number of likely N-dealkylation sites (N-methyl/N-ethyl adjacent to an activating group) is 1. The average Bonchev–Trinajstić information content (AvgIpc) is 2.53. The molecule has 2 heterocycles. The Balaban J connectivity index is 1.92. The Kier molecular flexibility index (Phi) is 5.29. The van der Waals surface area contributed by atoms with E-state index in [4.69, 9.17) is 0 Å². The highest BCUT2D eigenvalue weighted by Gasteiger charge is 2.22. The summed E-state index contributed by atoms with van der Waals surface area (Å²) < 4.78 is 0. The van der Waals surface area contributed by atoms with Gasteiger partial charge in [0.15, 0.2) is 5.69 Å². The standard InChI is InChI=1S/C14H23N5O/c1-3-7-15-13-6-5-12(16-17-13)14(20)19-10-8-18(4-2)9-11-19/h5-6H,3-4,7-11H2,1-2H3,(H,15,17). The van der Waals surface area contributed by atoms with Gasteiger partial charge in [0.05, 0.1) is 0 Å². The molecule has 2 rings (SSSR count). The number of nitrogens with one attached hydrogen (secondary N) is 1. The maximum Gasteiger partial charge on any atom is 0.274 e. The monoisotopic (exact) mass is 277 g/mol. The number of carbonyl (C=O) groups is 1. The van der Waals surface area contributed by atoms with Crippen LogP contribution in [0.2, 0.25) is 0 Å². The van der Waals surface area contributed by atoms with E-state index in [1.807, 2.05) is 11.0 Å². The molecule has 1 aromatic rings. The summed E-state index contributed by atoms with van der Waals surface area (Å²) >= 11 is 0. The van der Waals surface area contributed by atoms with Crippen LogP contribution in [0.5, 0.6) is 0 Å². The van der Waals surface area contributed by atoms with Crippen LogP contribution in [0.3, 0.4) is 0 Å². The van der Waals surface area contributed by atoms with Crippen molar-refractivity contribution in [3.05, 3.63) is 17.8 Å². The minimum atomic E-state index is -0.0182. The van der Waals surface area contributed by atoms with E-state index in [0.717, 1.165) is 51.5 Å². The summed E-state index contributed by atoms with van der Waals surface area (Å²) in [6.45, 7) is 9.55. The van der Waals surface area contributed by atoms with Gasteiger partial charge in [-0.05, 0) is 25.1 Å². The molecule has 1 saturated heterocycles. The number of carbonyl (C=O) groups excluding carboxylic acids is 1. The van der Waals surface area contributed by atoms with E-state index in [2.05, 4.69) is 34.3 Å². The van der Waals surface area contributed by atoms with E-state index < -0.39 is 0 Å². The quantitative estimate of drug-likeness (QED) is 0.872. The zero-order valence-corrected chi connectivity index (χ0v) is 12.3. The molecule has 0 aliphatic carbocycles. The van der Waals surface area contributed by atoms with Crippen LogP contribution in [0, 0.1) is 0 Å². The highest BCUT2D eigenvalue weighted by molar-refractivity contribution is 5.92. The third-order valence-electron chi connectivity index (χ3n) is 3.55. The van der Waals surface area contributed by atoms with Gasteiger partial charge in [0.25, 0.3) is 5.91 Å². The van der Waals surface area contributed by atoms with Gasteiger partial charge in [-0.3, -0.25) is 4.79 Å². The Labute approximate surface area is 120 Å². The maximum absolute atomic E-state index is 12.3. The van der Waals surface area contributed by atoms with Gasteiger partial charge in [0, 0.05) is 32.7 Å². The van der Waals surface area contributed by atoms with Crippen molar-refractivity contribution in [2.45, 2.75) is 20.3 Å². The topological polar surface area (TPSA) is 61.4 Å². The summed E-state index contributed by atoms with van der Waals surface area (Å²) in [5, 5.41) is 11.2. The van der Waals surface area contributed by atoms with Crippen LogP contribution in [-0.2, 0) is 0 Å². The van der Waals surface area contributed by atoms with Crippen molar-refractivity contribution in [2.75, 3.05) is 44.6 Å². The van der Waals surface area contributed by atoms with Crippen molar-refractivity contribution in [3.8, 4) is 0 Å². The summed E-state index contributed by atoms with van der Waals surface area (Å²) in [7, 11) is 0. The highest BCUT2D eigenvalue weighted by atomic mass is 16.2. The van der Waals surface area contributed by atoms with E-state index in [0.29, 0.717) is 5.69 Å². The van der Waals surface area contributed by atoms with Gasteiger partial charge < -0.3 is 15.1 Å². The molecule has 1 aliphatic rings. The second-order valence-electron chi connectivity index (χ2n) is 4.96. The van der Waals surface area contributed by atoms with E-state index in [9.17, 15) is 4.79 Å². The van der Waals surface area contributed by atoms with Gasteiger partial charge in [-0.15, -0.1) is 10.2 Å². The molecule has 1 N–H and O–H groups in total. The fourth-order valence-corrected chi connectivity index (χ4v) is 2.22. The van der Waals surface area contributed by atoms with Crippen LogP contribution in [0.25, 0.3) is 0 Å². The Morgan fingerprint density at radius 1 is 1.20 bits per heavy atom. The first-order valence-corrected chi connectivity index (χ1v) is 7.33. The minimum absolute atomic E-state index is 0.0182. The molecule has 0 atom stereocenters. The zero-order chi connectivity index (χ0) is 14.4. The number of anilines is 1. The third-order valence-corrected chi connectivity index (χ3v) is 3.55. The Morgan fingerprint density at radius 3 is 2.50 bits per heavy atom. The largest absolute Gasteiger partial charge is 0.369 e. The predicted molar refractivity (Wildman–Crippen MR) is 78.8 cm³/mol. The van der Waals surface area contributed by atoms with Crippen molar-refractivity contribution >= 4 is 11.7 Å². The molecule has 0 aromatic carbocycles. The second kappa shape index (κ2) is 7.19. The zero-order valence-electron chi connectivity index (χ0n) is 12.3. The number of piperazine rings is 1. The lowest BCUT2D eigenvalue weighted by molar-refractivity contribution is 0.0636. The summed E-state index contributed by atoms with van der Waals surface area (Å²) in [5.41, 5.74) is 0.428. The normalized spacial score (nSPS) is 16.2. The molecular formula is C14H23N5O. The molecular weight excluding hydrogens is 254 g/mol. The predicted octanol–water partition coefficient (Wildman–Crippen LogP) is 1.08. The van der Waals surface area contributed by atoms with Gasteiger partial charge in [-0.2, -0.15) is 0 Å². The summed E-state index contributed by atoms with van der Waals surface area (Å²) in [6.07, 6.45) is 1.03. The lowest BCUT2D eigenvalue weighted by Crippen LogP contribution is -2.48. The molecule has 0 radical (unpaired) electrons. The summed E-state index contributed by atoms with van der Waals surface area (Å²) in [4.78, 5) is 16.5. The van der Waals surface area contributed by atoms with Crippen molar-refractivity contribution in [1.29, 1.82) is 0 Å². The molecule has 20 heavy (non-hydrogen) atoms. The van der Waals surface area contributed by atoms with Crippen molar-refractivity contribution in [1.82, 2.24) is 20.0 Å². The maximum atomic E-state index is 12.3. The van der Waals surface area contributed by atoms with E-state index >= 15 is 0 Å². The molecule has 0 bridgehead atoms. The number of rotatable bonds is 5. The number of hydrogen-bond donors (Lipinski definition) is 1. The lowest BCUT2D eigenvalue weighted by atomic mass is 10.2. The number of aromatic nitrogens is 2. The van der Waals surface area contributed by atoms with Crippen molar-refractivity contribution in [3.63, 3.8) is 0 Å². The van der Waals surface area contributed by atoms with Crippen LogP contribution >= 0.6 is 0 Å². The fourth-order valence-electron chi connectivity index (χ4n) is 2.22. The van der Waals surface area contributed by atoms with Gasteiger partial charge in [0.1, 0.15) is 5.82 Å². The van der Waals surface area contributed by atoms with Crippen LogP contribution in [0.4, 0.5) is 5.82 Å². The fraction of sp³-hybridized carbons (Fsp3) is 0.643. The SMILES string of the molecule is CCCNc1ccc(C(=O)N2CCN(CC)CC2)nn1. The van der Waals surface area contributed by atoms with E-state index in [1.165, 1.54) is 0 Å². The first-order valence-electron chi connectivity index (χ1n) is 7.33. The molecule has 6 heteroatoms. The Morgan fingerprint density at radius 2 is 1.95 bits per heavy atom. The lowest BCUT2D eigenvalue weighted by Gasteiger charge is -2.33. The highest BCUT2D eigenvalue weighted by Crippen LogP contribution is 2.08. The molecule has 0 saturated carbocycles. The molecule has 0 spiro atoms. The van der Waals surface area contributed by atoms with Gasteiger partial charge in [-0.25, -0.2) is 0 Å². The summed E-state index contributed by atoms with van der Waals surface area (Å²) in [5.74, 6) is 0.703. The third kappa shape index (κ3) is 3.66. The Bertz CT molecular complexity index is 426. The molecule has 1 fully saturated rings. The Hall–Kier alpha value is -1.69. The molecule has 110 valence electrons. The first-order chi connectivity index (χ1) is 9.74. The number of nitrogens with zero attached hydrogens (tertiary/aromatic N) is 4. The minimum Gasteiger partial charge on any atom is -0.369 e. The molecule has 6 nitrogen and oxygen atoms in total. The van der Waals surface area contributed by atoms with Gasteiger partial charge >= 0.3 is 0 Å². The molecule has 1 aliphatic heterocycles. The van der Waals surface area contributed by atoms with Crippen LogP contribution < -0.4 is 5.32 Å². The van der Waals surface area contributed by atoms with Gasteiger partial charge in [0.2, 0.25) is 0 Å². The second-order valence-corrected chi connectivity index (χ2v) is 4.96. The smallest absolute Gasteiger partial charge is 0.274 e. The van der Waals surface area contributed by atoms with Crippen LogP contribution in [0.15, 0.2) is 12.1 Å². The molecule has 1 aromatic heterocycles. The molecule has 0 unspecified atom stereocenters. The molecule has 1 amide bonds. The van der Waals surface area contributed by atoms with E-state index in [1.54, 1.807) is 6.07 Å². The average molecular weight is 277 g/mol. The van der Waals surface area contributed by atoms with E-state index in [-0.39, 0.29) is 5.91 Å². The van der Waals surface area contributed by atoms with Crippen molar-refractivity contribution < 1.29 is 4.79 Å².